The summed E-state index contributed by atoms with van der Waals surface area (Å²) < 4.78 is 6.29. The van der Waals surface area contributed by atoms with Crippen molar-refractivity contribution in [3.63, 3.8) is 0 Å². The predicted octanol–water partition coefficient (Wildman–Crippen LogP) is 3.71. The summed E-state index contributed by atoms with van der Waals surface area (Å²) in [6, 6.07) is 14.7. The van der Waals surface area contributed by atoms with Crippen molar-refractivity contribution in [3.8, 4) is 0 Å². The molecule has 0 radical (unpaired) electrons. The number of nitrogens with one attached hydrogen (secondary N) is 1. The van der Waals surface area contributed by atoms with Crippen LogP contribution in [0.1, 0.15) is 28.3 Å². The number of carbonyl (C=O) groups is 2. The molecule has 7 heteroatoms. The van der Waals surface area contributed by atoms with Crippen LogP contribution < -0.4 is 5.32 Å². The predicted molar refractivity (Wildman–Crippen MR) is 107 cm³/mol. The van der Waals surface area contributed by atoms with E-state index in [-0.39, 0.29) is 18.6 Å². The summed E-state index contributed by atoms with van der Waals surface area (Å²) in [5.41, 5.74) is 1.97. The first-order valence-corrected chi connectivity index (χ1v) is 9.38. The summed E-state index contributed by atoms with van der Waals surface area (Å²) in [4.78, 5) is 30.9. The third-order valence-corrected chi connectivity index (χ3v) is 5.59. The van der Waals surface area contributed by atoms with Gasteiger partial charge in [-0.2, -0.15) is 0 Å². The number of esters is 1. The van der Waals surface area contributed by atoms with Crippen LogP contribution in [0.5, 0.6) is 0 Å². The minimum Gasteiger partial charge on any atom is -0.452 e. The Morgan fingerprint density at radius 1 is 1.19 bits per heavy atom. The highest BCUT2D eigenvalue weighted by molar-refractivity contribution is 7.18. The van der Waals surface area contributed by atoms with E-state index in [1.165, 1.54) is 0 Å². The van der Waals surface area contributed by atoms with Gasteiger partial charge in [0.05, 0.1) is 21.8 Å². The maximum absolute atomic E-state index is 12.5. The van der Waals surface area contributed by atoms with Gasteiger partial charge in [-0.05, 0) is 31.2 Å². The van der Waals surface area contributed by atoms with Crippen LogP contribution in [0.25, 0.3) is 10.2 Å². The lowest BCUT2D eigenvalue weighted by Crippen LogP contribution is -2.33. The fraction of sp³-hybridized carbons (Fsp3) is 0.250. The fourth-order valence-corrected chi connectivity index (χ4v) is 3.70. The smallest absolute Gasteiger partial charge is 0.340 e. The zero-order valence-corrected chi connectivity index (χ0v) is 16.2. The molecule has 140 valence electrons. The topological polar surface area (TPSA) is 71.5 Å². The van der Waals surface area contributed by atoms with Gasteiger partial charge < -0.3 is 15.0 Å². The highest BCUT2D eigenvalue weighted by atomic mass is 32.1. The van der Waals surface area contributed by atoms with Crippen LogP contribution in [0.15, 0.2) is 48.5 Å². The number of hydrogen-bond acceptors (Lipinski definition) is 6. The van der Waals surface area contributed by atoms with E-state index in [2.05, 4.69) is 10.3 Å². The molecule has 0 bridgehead atoms. The number of thiazole rings is 1. The lowest BCUT2D eigenvalue weighted by Gasteiger charge is -2.23. The monoisotopic (exact) mass is 383 g/mol. The maximum Gasteiger partial charge on any atom is 0.340 e. The number of nitrogens with zero attached hydrogens (tertiary/aromatic N) is 2. The number of anilines is 1. The van der Waals surface area contributed by atoms with Gasteiger partial charge in [-0.15, -0.1) is 11.3 Å². The quantitative estimate of drug-likeness (QED) is 0.657. The van der Waals surface area contributed by atoms with E-state index < -0.39 is 5.97 Å². The molecular weight excluding hydrogens is 362 g/mol. The van der Waals surface area contributed by atoms with Crippen molar-refractivity contribution in [1.82, 2.24) is 9.88 Å². The highest BCUT2D eigenvalue weighted by Gasteiger charge is 2.22. The van der Waals surface area contributed by atoms with Crippen molar-refractivity contribution in [2.45, 2.75) is 13.0 Å². The third-order valence-electron chi connectivity index (χ3n) is 4.39. The second-order valence-corrected chi connectivity index (χ2v) is 7.13. The molecule has 1 atom stereocenters. The Morgan fingerprint density at radius 2 is 1.89 bits per heavy atom. The number of para-hydroxylation sites is 2. The molecule has 0 fully saturated rings. The van der Waals surface area contributed by atoms with Gasteiger partial charge in [-0.25, -0.2) is 9.78 Å². The normalized spacial score (nSPS) is 11.8. The van der Waals surface area contributed by atoms with Gasteiger partial charge in [-0.1, -0.05) is 24.3 Å². The van der Waals surface area contributed by atoms with Crippen molar-refractivity contribution >= 4 is 39.1 Å². The number of likely N-dealkylation sites (N-methyl/N-ethyl adjacent to an activating group) is 1. The molecule has 3 aromatic rings. The Kier molecular flexibility index (Phi) is 5.71. The number of aromatic nitrogens is 1. The molecule has 1 heterocycles. The molecule has 1 amide bonds. The van der Waals surface area contributed by atoms with Crippen molar-refractivity contribution in [1.29, 1.82) is 0 Å². The van der Waals surface area contributed by atoms with Gasteiger partial charge in [0.25, 0.3) is 5.91 Å². The molecule has 0 aliphatic carbocycles. The molecule has 0 unspecified atom stereocenters. The Bertz CT molecular complexity index is 937. The lowest BCUT2D eigenvalue weighted by atomic mass is 10.2. The number of hydrogen-bond donors (Lipinski definition) is 1. The minimum atomic E-state index is -0.533. The van der Waals surface area contributed by atoms with Crippen LogP contribution in [-0.2, 0) is 9.53 Å². The summed E-state index contributed by atoms with van der Waals surface area (Å²) in [7, 11) is 3.42. The zero-order chi connectivity index (χ0) is 19.4. The Hall–Kier alpha value is -2.93. The first-order chi connectivity index (χ1) is 13.0. The van der Waals surface area contributed by atoms with Crippen molar-refractivity contribution < 1.29 is 14.3 Å². The number of amides is 1. The summed E-state index contributed by atoms with van der Waals surface area (Å²) in [6.07, 6.45) is 0. The van der Waals surface area contributed by atoms with Gasteiger partial charge in [0.2, 0.25) is 0 Å². The molecule has 0 spiro atoms. The average Bonchev–Trinajstić information content (AvgIpc) is 3.14. The third kappa shape index (κ3) is 4.09. The molecule has 1 N–H and O–H groups in total. The van der Waals surface area contributed by atoms with Crippen LogP contribution in [0, 0.1) is 0 Å². The van der Waals surface area contributed by atoms with E-state index in [1.807, 2.05) is 37.3 Å². The number of fused-ring (bicyclic) bond motifs is 1. The lowest BCUT2D eigenvalue weighted by molar-refractivity contribution is -0.135. The van der Waals surface area contributed by atoms with E-state index in [4.69, 9.17) is 4.74 Å². The van der Waals surface area contributed by atoms with Crippen LogP contribution >= 0.6 is 11.3 Å². The van der Waals surface area contributed by atoms with Crippen LogP contribution in [0.2, 0.25) is 0 Å². The number of benzene rings is 2. The van der Waals surface area contributed by atoms with E-state index in [9.17, 15) is 9.59 Å². The molecule has 1 aromatic heterocycles. The van der Waals surface area contributed by atoms with Crippen molar-refractivity contribution in [3.05, 3.63) is 59.1 Å². The summed E-state index contributed by atoms with van der Waals surface area (Å²) in [6.45, 7) is 1.59. The van der Waals surface area contributed by atoms with E-state index >= 15 is 0 Å². The summed E-state index contributed by atoms with van der Waals surface area (Å²) >= 11 is 1.56. The Balaban J connectivity index is 1.64. The van der Waals surface area contributed by atoms with Gasteiger partial charge >= 0.3 is 5.97 Å². The molecule has 0 aliphatic rings. The summed E-state index contributed by atoms with van der Waals surface area (Å²) in [5.74, 6) is -0.814. The van der Waals surface area contributed by atoms with Gasteiger partial charge in [0.1, 0.15) is 5.01 Å². The van der Waals surface area contributed by atoms with Crippen LogP contribution in [0.4, 0.5) is 5.69 Å². The first-order valence-electron chi connectivity index (χ1n) is 8.56. The van der Waals surface area contributed by atoms with Crippen molar-refractivity contribution in [2.75, 3.05) is 26.0 Å². The molecule has 0 saturated carbocycles. The van der Waals surface area contributed by atoms with E-state index in [0.717, 1.165) is 15.2 Å². The number of carbonyl (C=O) groups excluding carboxylic acids is 2. The molecule has 2 aromatic carbocycles. The van der Waals surface area contributed by atoms with E-state index in [0.29, 0.717) is 11.3 Å². The molecule has 27 heavy (non-hydrogen) atoms. The minimum absolute atomic E-state index is 0.210. The van der Waals surface area contributed by atoms with Gasteiger partial charge in [-0.3, -0.25) is 4.79 Å². The molecule has 3 rings (SSSR count). The molecule has 0 aliphatic heterocycles. The van der Waals surface area contributed by atoms with Crippen molar-refractivity contribution in [2.24, 2.45) is 0 Å². The average molecular weight is 383 g/mol. The zero-order valence-electron chi connectivity index (χ0n) is 15.4. The molecule has 0 saturated heterocycles. The number of rotatable bonds is 6. The Morgan fingerprint density at radius 3 is 2.63 bits per heavy atom. The second-order valence-electron chi connectivity index (χ2n) is 6.07. The SMILES string of the molecule is CNc1ccccc1C(=O)OCC(=O)N(C)[C@H](C)c1nc2ccccc2s1. The molecular formula is C20H21N3O3S. The highest BCUT2D eigenvalue weighted by Crippen LogP contribution is 2.28. The second kappa shape index (κ2) is 8.18. The molecule has 6 nitrogen and oxygen atoms in total. The van der Waals surface area contributed by atoms with Gasteiger partial charge in [0, 0.05) is 19.8 Å². The first kappa shape index (κ1) is 18.8. The maximum atomic E-state index is 12.5. The fourth-order valence-electron chi connectivity index (χ4n) is 2.64. The van der Waals surface area contributed by atoms with Crippen LogP contribution in [-0.4, -0.2) is 42.5 Å². The van der Waals surface area contributed by atoms with E-state index in [1.54, 1.807) is 48.5 Å². The number of ether oxygens (including phenoxy) is 1. The Labute approximate surface area is 161 Å². The standard InChI is InChI=1S/C20H21N3O3S/c1-13(19-22-16-10-6-7-11-17(16)27-19)23(3)18(24)12-26-20(25)14-8-4-5-9-15(14)21-2/h4-11,13,21H,12H2,1-3H3/t13-/m1/s1. The largest absolute Gasteiger partial charge is 0.452 e. The summed E-state index contributed by atoms with van der Waals surface area (Å²) in [5, 5.41) is 3.78. The van der Waals surface area contributed by atoms with Gasteiger partial charge in [0.15, 0.2) is 6.61 Å². The van der Waals surface area contributed by atoms with Crippen LogP contribution in [0.3, 0.4) is 0 Å².